The fourth-order valence-electron chi connectivity index (χ4n) is 1.21. The van der Waals surface area contributed by atoms with Gasteiger partial charge >= 0.3 is 0 Å². The van der Waals surface area contributed by atoms with Crippen molar-refractivity contribution >= 4 is 0 Å². The topological polar surface area (TPSA) is 21.3 Å². The monoisotopic (exact) mass is 149 g/mol. The Bertz CT molecular complexity index is 236. The van der Waals surface area contributed by atoms with Gasteiger partial charge in [0.05, 0.1) is 6.04 Å². The van der Waals surface area contributed by atoms with E-state index < -0.39 is 0 Å². The largest absolute Gasteiger partial charge is 0.477 e. The van der Waals surface area contributed by atoms with Crippen molar-refractivity contribution in [1.82, 2.24) is 5.32 Å². The molecule has 0 aromatic rings. The third-order valence-electron chi connectivity index (χ3n) is 1.78. The van der Waals surface area contributed by atoms with Crippen molar-refractivity contribution in [2.45, 2.75) is 13.0 Å². The van der Waals surface area contributed by atoms with Crippen LogP contribution in [0.25, 0.3) is 0 Å². The molecule has 11 heavy (non-hydrogen) atoms. The van der Waals surface area contributed by atoms with Gasteiger partial charge in [-0.25, -0.2) is 0 Å². The summed E-state index contributed by atoms with van der Waals surface area (Å²) in [5.41, 5.74) is 1.15. The summed E-state index contributed by atoms with van der Waals surface area (Å²) < 4.78 is 5.42. The molecule has 0 amide bonds. The van der Waals surface area contributed by atoms with Gasteiger partial charge in [0.2, 0.25) is 0 Å². The molecule has 2 rings (SSSR count). The highest BCUT2D eigenvalue weighted by atomic mass is 16.5. The maximum absolute atomic E-state index is 5.42. The number of rotatable bonds is 0. The van der Waals surface area contributed by atoms with Gasteiger partial charge in [-0.1, -0.05) is 12.2 Å². The number of ether oxygens (including phenoxy) is 1. The summed E-state index contributed by atoms with van der Waals surface area (Å²) in [5.74, 6) is 0.919. The third-order valence-corrected chi connectivity index (χ3v) is 1.78. The summed E-state index contributed by atoms with van der Waals surface area (Å²) in [6.07, 6.45) is 8.10. The molecule has 0 bridgehead atoms. The average molecular weight is 149 g/mol. The predicted molar refractivity (Wildman–Crippen MR) is 43.9 cm³/mol. The minimum atomic E-state index is 0.444. The van der Waals surface area contributed by atoms with E-state index >= 15 is 0 Å². The van der Waals surface area contributed by atoms with Crippen molar-refractivity contribution in [1.29, 1.82) is 0 Å². The minimum absolute atomic E-state index is 0.444. The molecule has 0 aromatic heterocycles. The van der Waals surface area contributed by atoms with Crippen LogP contribution in [-0.2, 0) is 4.74 Å². The van der Waals surface area contributed by atoms with Crippen LogP contribution in [-0.4, -0.2) is 12.6 Å². The number of hydrogen-bond acceptors (Lipinski definition) is 2. The van der Waals surface area contributed by atoms with Gasteiger partial charge in [-0.2, -0.15) is 0 Å². The quantitative estimate of drug-likeness (QED) is 0.561. The Morgan fingerprint density at radius 1 is 1.45 bits per heavy atom. The van der Waals surface area contributed by atoms with Gasteiger partial charge in [-0.15, -0.1) is 0 Å². The Morgan fingerprint density at radius 2 is 2.18 bits per heavy atom. The van der Waals surface area contributed by atoms with Crippen LogP contribution in [0.2, 0.25) is 0 Å². The zero-order valence-electron chi connectivity index (χ0n) is 6.50. The van der Waals surface area contributed by atoms with Gasteiger partial charge in [-0.3, -0.25) is 0 Å². The molecule has 1 aliphatic carbocycles. The molecular formula is C9H11NO. The van der Waals surface area contributed by atoms with Gasteiger partial charge in [-0.05, 0) is 19.1 Å². The second-order valence-electron chi connectivity index (χ2n) is 2.86. The SMILES string of the molecule is C[C@H]1COC(=C2C=CC=C2)N1. The highest BCUT2D eigenvalue weighted by Crippen LogP contribution is 2.16. The van der Waals surface area contributed by atoms with Crippen molar-refractivity contribution in [2.24, 2.45) is 0 Å². The highest BCUT2D eigenvalue weighted by Gasteiger charge is 2.16. The molecule has 1 fully saturated rings. The molecule has 0 spiro atoms. The maximum Gasteiger partial charge on any atom is 0.194 e. The summed E-state index contributed by atoms with van der Waals surface area (Å²) >= 11 is 0. The fourth-order valence-corrected chi connectivity index (χ4v) is 1.21. The van der Waals surface area contributed by atoms with Gasteiger partial charge in [0.1, 0.15) is 6.61 Å². The summed E-state index contributed by atoms with van der Waals surface area (Å²) in [6.45, 7) is 2.89. The van der Waals surface area contributed by atoms with E-state index in [4.69, 9.17) is 4.74 Å². The first kappa shape index (κ1) is 6.53. The molecule has 1 aliphatic heterocycles. The van der Waals surface area contributed by atoms with Crippen molar-refractivity contribution in [2.75, 3.05) is 6.61 Å². The van der Waals surface area contributed by atoms with Crippen LogP contribution >= 0.6 is 0 Å². The molecule has 2 nitrogen and oxygen atoms in total. The second kappa shape index (κ2) is 2.46. The predicted octanol–water partition coefficient (Wildman–Crippen LogP) is 1.33. The molecule has 0 saturated carbocycles. The van der Waals surface area contributed by atoms with Crippen LogP contribution in [0.4, 0.5) is 0 Å². The molecule has 2 heteroatoms. The lowest BCUT2D eigenvalue weighted by molar-refractivity contribution is 0.255. The van der Waals surface area contributed by atoms with E-state index in [0.717, 1.165) is 18.1 Å². The number of hydrogen-bond donors (Lipinski definition) is 1. The van der Waals surface area contributed by atoms with Crippen LogP contribution < -0.4 is 5.32 Å². The first-order valence-electron chi connectivity index (χ1n) is 3.84. The van der Waals surface area contributed by atoms with Crippen LogP contribution in [0.1, 0.15) is 6.92 Å². The molecule has 1 atom stereocenters. The fraction of sp³-hybridized carbons (Fsp3) is 0.333. The molecule has 1 N–H and O–H groups in total. The average Bonchev–Trinajstić information content (AvgIpc) is 2.55. The summed E-state index contributed by atoms with van der Waals surface area (Å²) in [6, 6.07) is 0.444. The standard InChI is InChI=1S/C9H11NO/c1-7-6-11-9(10-7)8-4-2-3-5-8/h2-5,7,10H,6H2,1H3/t7-/m0/s1. The van der Waals surface area contributed by atoms with E-state index in [-0.39, 0.29) is 0 Å². The zero-order valence-corrected chi connectivity index (χ0v) is 6.50. The Balaban J connectivity index is 2.21. The van der Waals surface area contributed by atoms with Crippen molar-refractivity contribution in [3.63, 3.8) is 0 Å². The van der Waals surface area contributed by atoms with Gasteiger partial charge in [0.25, 0.3) is 0 Å². The Hall–Kier alpha value is -1.18. The van der Waals surface area contributed by atoms with E-state index in [1.807, 2.05) is 24.3 Å². The van der Waals surface area contributed by atoms with Crippen molar-refractivity contribution in [3.8, 4) is 0 Å². The van der Waals surface area contributed by atoms with Gasteiger partial charge in [0.15, 0.2) is 5.88 Å². The van der Waals surface area contributed by atoms with Gasteiger partial charge < -0.3 is 10.1 Å². The smallest absolute Gasteiger partial charge is 0.194 e. The number of allylic oxidation sites excluding steroid dienone is 5. The van der Waals surface area contributed by atoms with Crippen molar-refractivity contribution < 1.29 is 4.74 Å². The summed E-state index contributed by atoms with van der Waals surface area (Å²) in [7, 11) is 0. The number of nitrogens with one attached hydrogen (secondary N) is 1. The summed E-state index contributed by atoms with van der Waals surface area (Å²) in [4.78, 5) is 0. The highest BCUT2D eigenvalue weighted by molar-refractivity contribution is 5.41. The van der Waals surface area contributed by atoms with Gasteiger partial charge in [0, 0.05) is 5.57 Å². The first-order chi connectivity index (χ1) is 5.36. The van der Waals surface area contributed by atoms with E-state index in [1.165, 1.54) is 0 Å². The van der Waals surface area contributed by atoms with E-state index in [0.29, 0.717) is 6.04 Å². The second-order valence-corrected chi connectivity index (χ2v) is 2.86. The Labute approximate surface area is 66.2 Å². The summed E-state index contributed by atoms with van der Waals surface area (Å²) in [5, 5.41) is 3.25. The van der Waals surface area contributed by atoms with Crippen LogP contribution in [0.15, 0.2) is 35.8 Å². The molecule has 0 aromatic carbocycles. The van der Waals surface area contributed by atoms with E-state index in [1.54, 1.807) is 0 Å². The Morgan fingerprint density at radius 3 is 2.73 bits per heavy atom. The van der Waals surface area contributed by atoms with Crippen molar-refractivity contribution in [3.05, 3.63) is 35.8 Å². The first-order valence-corrected chi connectivity index (χ1v) is 3.84. The lowest BCUT2D eigenvalue weighted by atomic mass is 10.3. The molecule has 1 saturated heterocycles. The van der Waals surface area contributed by atoms with E-state index in [9.17, 15) is 0 Å². The molecule has 0 unspecified atom stereocenters. The molecule has 2 aliphatic rings. The van der Waals surface area contributed by atoms with Crippen LogP contribution in [0.3, 0.4) is 0 Å². The molecule has 58 valence electrons. The molecule has 0 radical (unpaired) electrons. The Kier molecular flexibility index (Phi) is 1.46. The molecule has 1 heterocycles. The lowest BCUT2D eigenvalue weighted by Crippen LogP contribution is -2.18. The zero-order chi connectivity index (χ0) is 7.68. The van der Waals surface area contributed by atoms with Crippen LogP contribution in [0, 0.1) is 0 Å². The van der Waals surface area contributed by atoms with E-state index in [2.05, 4.69) is 12.2 Å². The normalized spacial score (nSPS) is 27.5. The third kappa shape index (κ3) is 1.16. The van der Waals surface area contributed by atoms with Crippen LogP contribution in [0.5, 0.6) is 0 Å². The minimum Gasteiger partial charge on any atom is -0.477 e. The maximum atomic E-state index is 5.42. The molecular weight excluding hydrogens is 138 g/mol. The lowest BCUT2D eigenvalue weighted by Gasteiger charge is -2.00.